The van der Waals surface area contributed by atoms with Gasteiger partial charge in [0.05, 0.1) is 0 Å². The minimum Gasteiger partial charge on any atom is -0.396 e. The smallest absolute Gasteiger partial charge is 0.0462 e. The maximum atomic E-state index is 9.12. The molecule has 3 unspecified atom stereocenters. The van der Waals surface area contributed by atoms with Crippen molar-refractivity contribution < 1.29 is 5.11 Å². The third-order valence-electron chi connectivity index (χ3n) is 4.24. The lowest BCUT2D eigenvalue weighted by molar-refractivity contribution is -0.116. The van der Waals surface area contributed by atoms with E-state index in [0.717, 1.165) is 11.8 Å². The van der Waals surface area contributed by atoms with Crippen molar-refractivity contribution in [3.05, 3.63) is 6.42 Å². The minimum absolute atomic E-state index is 0.417. The first-order chi connectivity index (χ1) is 6.57. The second-order valence-corrected chi connectivity index (χ2v) is 5.46. The molecule has 0 spiro atoms. The second-order valence-electron chi connectivity index (χ2n) is 5.46. The molecule has 2 bridgehead atoms. The Kier molecular flexibility index (Phi) is 4.00. The average molecular weight is 197 g/mol. The molecule has 1 radical (unpaired) electrons. The Balaban J connectivity index is 0.000000293. The van der Waals surface area contributed by atoms with Crippen molar-refractivity contribution in [2.75, 3.05) is 6.61 Å². The van der Waals surface area contributed by atoms with Crippen LogP contribution in [0.4, 0.5) is 0 Å². The molecule has 1 nitrogen and oxygen atoms in total. The lowest BCUT2D eigenvalue weighted by Crippen LogP contribution is -2.53. The lowest BCUT2D eigenvalue weighted by Gasteiger charge is -2.59. The number of rotatable bonds is 1. The molecule has 3 saturated carbocycles. The van der Waals surface area contributed by atoms with E-state index in [4.69, 9.17) is 5.11 Å². The normalized spacial score (nSPS) is 37.9. The third-order valence-corrected chi connectivity index (χ3v) is 4.24. The Hall–Kier alpha value is -0.0400. The van der Waals surface area contributed by atoms with E-state index < -0.39 is 0 Å². The first-order valence-corrected chi connectivity index (χ1v) is 5.92. The molecular formula is C13H25O. The van der Waals surface area contributed by atoms with Crippen LogP contribution in [0, 0.1) is 29.6 Å². The van der Waals surface area contributed by atoms with Gasteiger partial charge in [-0.2, -0.15) is 0 Å². The van der Waals surface area contributed by atoms with Gasteiger partial charge in [0, 0.05) is 6.61 Å². The van der Waals surface area contributed by atoms with Gasteiger partial charge in [-0.3, -0.25) is 0 Å². The van der Waals surface area contributed by atoms with Crippen molar-refractivity contribution in [2.24, 2.45) is 23.2 Å². The van der Waals surface area contributed by atoms with Crippen LogP contribution in [0.5, 0.6) is 0 Å². The molecule has 1 heteroatoms. The summed E-state index contributed by atoms with van der Waals surface area (Å²) in [5.41, 5.74) is 0.547. The highest BCUT2D eigenvalue weighted by atomic mass is 16.3. The molecule has 0 amide bonds. The largest absolute Gasteiger partial charge is 0.396 e. The number of fused-ring (bicyclic) bond motifs is 2. The molecule has 14 heavy (non-hydrogen) atoms. The Bertz CT molecular complexity index is 172. The SMILES string of the molecule is CC1(C)C2CCC(CO)C1C2.C[CH]C. The summed E-state index contributed by atoms with van der Waals surface area (Å²) >= 11 is 0. The highest BCUT2D eigenvalue weighted by Crippen LogP contribution is 2.61. The van der Waals surface area contributed by atoms with Gasteiger partial charge >= 0.3 is 0 Å². The van der Waals surface area contributed by atoms with Crippen molar-refractivity contribution >= 4 is 0 Å². The maximum Gasteiger partial charge on any atom is 0.0462 e. The van der Waals surface area contributed by atoms with Crippen LogP contribution in [0.3, 0.4) is 0 Å². The van der Waals surface area contributed by atoms with Crippen LogP contribution >= 0.6 is 0 Å². The molecule has 0 aliphatic heterocycles. The number of hydrogen-bond donors (Lipinski definition) is 1. The van der Waals surface area contributed by atoms with Crippen molar-refractivity contribution in [3.63, 3.8) is 0 Å². The number of hydrogen-bond acceptors (Lipinski definition) is 1. The molecule has 0 aromatic heterocycles. The minimum atomic E-state index is 0.417. The summed E-state index contributed by atoms with van der Waals surface area (Å²) < 4.78 is 0. The van der Waals surface area contributed by atoms with Gasteiger partial charge in [-0.25, -0.2) is 0 Å². The Morgan fingerprint density at radius 3 is 2.14 bits per heavy atom. The zero-order valence-corrected chi connectivity index (χ0v) is 10.1. The topological polar surface area (TPSA) is 20.2 Å². The van der Waals surface area contributed by atoms with Crippen LogP contribution < -0.4 is 0 Å². The molecule has 0 saturated heterocycles. The van der Waals surface area contributed by atoms with Crippen LogP contribution in [0.25, 0.3) is 0 Å². The molecule has 3 atom stereocenters. The number of aliphatic hydroxyl groups is 1. The van der Waals surface area contributed by atoms with Crippen LogP contribution in [0.1, 0.15) is 47.0 Å². The van der Waals surface area contributed by atoms with Gasteiger partial charge in [0.1, 0.15) is 0 Å². The van der Waals surface area contributed by atoms with Gasteiger partial charge in [0.25, 0.3) is 0 Å². The quantitative estimate of drug-likeness (QED) is 0.684. The van der Waals surface area contributed by atoms with Crippen LogP contribution in [0.2, 0.25) is 0 Å². The summed E-state index contributed by atoms with van der Waals surface area (Å²) in [5.74, 6) is 2.41. The van der Waals surface area contributed by atoms with Crippen molar-refractivity contribution in [1.82, 2.24) is 0 Å². The first-order valence-electron chi connectivity index (χ1n) is 5.92. The molecule has 3 aliphatic carbocycles. The second kappa shape index (κ2) is 4.65. The average Bonchev–Trinajstić information content (AvgIpc) is 2.18. The van der Waals surface area contributed by atoms with Gasteiger partial charge in [0.15, 0.2) is 0 Å². The van der Waals surface area contributed by atoms with Crippen molar-refractivity contribution in [2.45, 2.75) is 47.0 Å². The van der Waals surface area contributed by atoms with E-state index in [1.807, 2.05) is 20.3 Å². The molecule has 83 valence electrons. The third kappa shape index (κ3) is 1.98. The van der Waals surface area contributed by atoms with Gasteiger partial charge in [-0.1, -0.05) is 27.7 Å². The summed E-state index contributed by atoms with van der Waals surface area (Å²) in [7, 11) is 0. The standard InChI is InChI=1S/C10H18O.C3H7/c1-10(2)8-4-3-7(6-11)9(10)5-8;1-3-2/h7-9,11H,3-6H2,1-2H3;3H,1-2H3. The summed E-state index contributed by atoms with van der Waals surface area (Å²) in [6.45, 7) is 9.15. The zero-order chi connectivity index (χ0) is 10.8. The van der Waals surface area contributed by atoms with Gasteiger partial charge in [0.2, 0.25) is 0 Å². The molecule has 0 heterocycles. The van der Waals surface area contributed by atoms with E-state index >= 15 is 0 Å². The zero-order valence-electron chi connectivity index (χ0n) is 10.1. The summed E-state index contributed by atoms with van der Waals surface area (Å²) in [6.07, 6.45) is 6.02. The highest BCUT2D eigenvalue weighted by molar-refractivity contribution is 5.02. The summed E-state index contributed by atoms with van der Waals surface area (Å²) in [5, 5.41) is 9.12. The van der Waals surface area contributed by atoms with E-state index in [2.05, 4.69) is 13.8 Å². The summed E-state index contributed by atoms with van der Waals surface area (Å²) in [4.78, 5) is 0. The van der Waals surface area contributed by atoms with E-state index in [-0.39, 0.29) is 0 Å². The fraction of sp³-hybridized carbons (Fsp3) is 0.923. The van der Waals surface area contributed by atoms with Crippen molar-refractivity contribution in [3.8, 4) is 0 Å². The summed E-state index contributed by atoms with van der Waals surface area (Å²) in [6, 6.07) is 0. The lowest BCUT2D eigenvalue weighted by atomic mass is 9.46. The van der Waals surface area contributed by atoms with Crippen LogP contribution in [-0.2, 0) is 0 Å². The Labute approximate surface area is 88.9 Å². The molecule has 0 aromatic rings. The van der Waals surface area contributed by atoms with Gasteiger partial charge in [-0.05, 0) is 48.9 Å². The van der Waals surface area contributed by atoms with Gasteiger partial charge in [-0.15, -0.1) is 0 Å². The molecule has 1 N–H and O–H groups in total. The molecular weight excluding hydrogens is 172 g/mol. The fourth-order valence-electron chi connectivity index (χ4n) is 3.18. The van der Waals surface area contributed by atoms with Crippen LogP contribution in [0.15, 0.2) is 0 Å². The van der Waals surface area contributed by atoms with Crippen LogP contribution in [-0.4, -0.2) is 11.7 Å². The molecule has 0 aromatic carbocycles. The van der Waals surface area contributed by atoms with E-state index in [1.165, 1.54) is 19.3 Å². The van der Waals surface area contributed by atoms with E-state index in [0.29, 0.717) is 17.9 Å². The Morgan fingerprint density at radius 1 is 1.29 bits per heavy atom. The van der Waals surface area contributed by atoms with E-state index in [1.54, 1.807) is 0 Å². The molecule has 3 fully saturated rings. The fourth-order valence-corrected chi connectivity index (χ4v) is 3.18. The first kappa shape index (κ1) is 12.0. The van der Waals surface area contributed by atoms with E-state index in [9.17, 15) is 0 Å². The Morgan fingerprint density at radius 2 is 1.86 bits per heavy atom. The predicted octanol–water partition coefficient (Wildman–Crippen LogP) is 3.28. The molecule has 3 aliphatic rings. The highest BCUT2D eigenvalue weighted by Gasteiger charge is 2.53. The predicted molar refractivity (Wildman–Crippen MR) is 60.8 cm³/mol. The monoisotopic (exact) mass is 197 g/mol. The molecule has 3 rings (SSSR count). The number of aliphatic hydroxyl groups excluding tert-OH is 1. The van der Waals surface area contributed by atoms with Gasteiger partial charge < -0.3 is 5.11 Å². The van der Waals surface area contributed by atoms with Crippen molar-refractivity contribution in [1.29, 1.82) is 0 Å². The maximum absolute atomic E-state index is 9.12.